The Labute approximate surface area is 112 Å². The number of ether oxygens (including phenoxy) is 1. The predicted octanol–water partition coefficient (Wildman–Crippen LogP) is 3.42. The maximum Gasteiger partial charge on any atom is 0.249 e. The molecular formula is C15H29NO2. The minimum Gasteiger partial charge on any atom is -0.368 e. The van der Waals surface area contributed by atoms with E-state index in [-0.39, 0.29) is 12.0 Å². The number of hydrogen-bond donors (Lipinski definition) is 1. The molecule has 1 N–H and O–H groups in total. The van der Waals surface area contributed by atoms with Crippen molar-refractivity contribution in [3.63, 3.8) is 0 Å². The number of unbranched alkanes of at least 4 members (excludes halogenated alkanes) is 7. The average Bonchev–Trinajstić information content (AvgIpc) is 2.90. The molecule has 1 rings (SSSR count). The molecule has 1 aliphatic rings. The van der Waals surface area contributed by atoms with Gasteiger partial charge in [0.2, 0.25) is 5.91 Å². The van der Waals surface area contributed by atoms with Crippen LogP contribution in [0.15, 0.2) is 0 Å². The van der Waals surface area contributed by atoms with Crippen molar-refractivity contribution in [1.82, 2.24) is 5.32 Å². The summed E-state index contributed by atoms with van der Waals surface area (Å²) in [5.74, 6) is 0.0930. The highest BCUT2D eigenvalue weighted by Crippen LogP contribution is 2.12. The van der Waals surface area contributed by atoms with Crippen LogP contribution in [0.1, 0.15) is 71.1 Å². The number of nitrogens with one attached hydrogen (secondary N) is 1. The summed E-state index contributed by atoms with van der Waals surface area (Å²) in [4.78, 5) is 11.6. The summed E-state index contributed by atoms with van der Waals surface area (Å²) in [7, 11) is 0. The van der Waals surface area contributed by atoms with E-state index in [2.05, 4.69) is 12.2 Å². The van der Waals surface area contributed by atoms with E-state index >= 15 is 0 Å². The van der Waals surface area contributed by atoms with Gasteiger partial charge in [0.1, 0.15) is 6.10 Å². The Hall–Kier alpha value is -0.570. The van der Waals surface area contributed by atoms with E-state index in [0.29, 0.717) is 0 Å². The summed E-state index contributed by atoms with van der Waals surface area (Å²) in [6.07, 6.45) is 12.2. The molecule has 3 heteroatoms. The molecule has 1 aliphatic heterocycles. The summed E-state index contributed by atoms with van der Waals surface area (Å²) in [6.45, 7) is 3.81. The highest BCUT2D eigenvalue weighted by atomic mass is 16.5. The van der Waals surface area contributed by atoms with E-state index < -0.39 is 0 Å². The Balaban J connectivity index is 1.82. The van der Waals surface area contributed by atoms with E-state index in [1.54, 1.807) is 0 Å². The van der Waals surface area contributed by atoms with Crippen molar-refractivity contribution in [3.8, 4) is 0 Å². The molecule has 0 aromatic carbocycles. The molecule has 3 nitrogen and oxygen atoms in total. The zero-order valence-corrected chi connectivity index (χ0v) is 11.9. The van der Waals surface area contributed by atoms with Crippen molar-refractivity contribution >= 4 is 5.91 Å². The fourth-order valence-corrected chi connectivity index (χ4v) is 2.37. The van der Waals surface area contributed by atoms with Crippen LogP contribution in [0.5, 0.6) is 0 Å². The van der Waals surface area contributed by atoms with Gasteiger partial charge in [0.25, 0.3) is 0 Å². The van der Waals surface area contributed by atoms with Gasteiger partial charge < -0.3 is 10.1 Å². The highest BCUT2D eigenvalue weighted by Gasteiger charge is 2.22. The third-order valence-electron chi connectivity index (χ3n) is 3.55. The Morgan fingerprint density at radius 1 is 1.11 bits per heavy atom. The first-order valence-corrected chi connectivity index (χ1v) is 7.74. The first-order valence-electron chi connectivity index (χ1n) is 7.74. The van der Waals surface area contributed by atoms with Gasteiger partial charge >= 0.3 is 0 Å². The minimum atomic E-state index is -0.168. The number of hydrogen-bond acceptors (Lipinski definition) is 2. The number of carbonyl (C=O) groups excluding carboxylic acids is 1. The monoisotopic (exact) mass is 255 g/mol. The molecule has 106 valence electrons. The van der Waals surface area contributed by atoms with E-state index in [9.17, 15) is 4.79 Å². The zero-order valence-electron chi connectivity index (χ0n) is 11.9. The van der Waals surface area contributed by atoms with Crippen molar-refractivity contribution < 1.29 is 9.53 Å². The SMILES string of the molecule is CCCCCCCCCCNC(=O)C1CCCO1. The molecule has 1 unspecified atom stereocenters. The lowest BCUT2D eigenvalue weighted by Crippen LogP contribution is -2.34. The number of amides is 1. The van der Waals surface area contributed by atoms with Gasteiger partial charge in [-0.15, -0.1) is 0 Å². The second-order valence-electron chi connectivity index (χ2n) is 5.27. The third-order valence-corrected chi connectivity index (χ3v) is 3.55. The van der Waals surface area contributed by atoms with Crippen molar-refractivity contribution in [2.24, 2.45) is 0 Å². The van der Waals surface area contributed by atoms with Gasteiger partial charge in [-0.05, 0) is 19.3 Å². The average molecular weight is 255 g/mol. The molecule has 0 spiro atoms. The normalized spacial score (nSPS) is 19.1. The summed E-state index contributed by atoms with van der Waals surface area (Å²) >= 11 is 0. The van der Waals surface area contributed by atoms with Gasteiger partial charge in [-0.3, -0.25) is 4.79 Å². The van der Waals surface area contributed by atoms with Gasteiger partial charge in [0.15, 0.2) is 0 Å². The quantitative estimate of drug-likeness (QED) is 0.607. The lowest BCUT2D eigenvalue weighted by molar-refractivity contribution is -0.130. The van der Waals surface area contributed by atoms with Crippen molar-refractivity contribution in [3.05, 3.63) is 0 Å². The Kier molecular flexibility index (Phi) is 8.92. The third kappa shape index (κ3) is 7.00. The second-order valence-corrected chi connectivity index (χ2v) is 5.27. The van der Waals surface area contributed by atoms with Crippen LogP contribution in [-0.2, 0) is 9.53 Å². The lowest BCUT2D eigenvalue weighted by atomic mass is 10.1. The number of carbonyl (C=O) groups is 1. The topological polar surface area (TPSA) is 38.3 Å². The van der Waals surface area contributed by atoms with Crippen molar-refractivity contribution in [1.29, 1.82) is 0 Å². The second kappa shape index (κ2) is 10.4. The van der Waals surface area contributed by atoms with E-state index in [0.717, 1.165) is 32.4 Å². The molecule has 0 bridgehead atoms. The molecule has 1 saturated heterocycles. The molecule has 0 saturated carbocycles. The molecule has 1 atom stereocenters. The molecule has 0 aromatic rings. The van der Waals surface area contributed by atoms with Crippen LogP contribution in [-0.4, -0.2) is 25.2 Å². The maximum atomic E-state index is 11.6. The molecule has 0 aliphatic carbocycles. The predicted molar refractivity (Wildman–Crippen MR) is 74.6 cm³/mol. The maximum absolute atomic E-state index is 11.6. The highest BCUT2D eigenvalue weighted by molar-refractivity contribution is 5.80. The number of rotatable bonds is 10. The fourth-order valence-electron chi connectivity index (χ4n) is 2.37. The Morgan fingerprint density at radius 2 is 1.78 bits per heavy atom. The standard InChI is InChI=1S/C15H29NO2/c1-2-3-4-5-6-7-8-9-12-16-15(17)14-11-10-13-18-14/h14H,2-13H2,1H3,(H,16,17). The summed E-state index contributed by atoms with van der Waals surface area (Å²) in [5, 5.41) is 2.97. The van der Waals surface area contributed by atoms with Crippen LogP contribution >= 0.6 is 0 Å². The zero-order chi connectivity index (χ0) is 13.1. The molecule has 18 heavy (non-hydrogen) atoms. The van der Waals surface area contributed by atoms with Crippen molar-refractivity contribution in [2.75, 3.05) is 13.2 Å². The van der Waals surface area contributed by atoms with Gasteiger partial charge in [-0.1, -0.05) is 51.9 Å². The van der Waals surface area contributed by atoms with Crippen LogP contribution < -0.4 is 5.32 Å². The van der Waals surface area contributed by atoms with Gasteiger partial charge in [0, 0.05) is 13.2 Å². The summed E-state index contributed by atoms with van der Waals surface area (Å²) in [5.41, 5.74) is 0. The Morgan fingerprint density at radius 3 is 2.39 bits per heavy atom. The fraction of sp³-hybridized carbons (Fsp3) is 0.933. The molecule has 0 radical (unpaired) electrons. The molecule has 0 aromatic heterocycles. The van der Waals surface area contributed by atoms with Crippen LogP contribution in [0.25, 0.3) is 0 Å². The van der Waals surface area contributed by atoms with Crippen molar-refractivity contribution in [2.45, 2.75) is 77.2 Å². The largest absolute Gasteiger partial charge is 0.368 e. The van der Waals surface area contributed by atoms with Crippen LogP contribution in [0.2, 0.25) is 0 Å². The van der Waals surface area contributed by atoms with Gasteiger partial charge in [0.05, 0.1) is 0 Å². The first kappa shape index (κ1) is 15.5. The van der Waals surface area contributed by atoms with Gasteiger partial charge in [-0.2, -0.15) is 0 Å². The molecule has 1 heterocycles. The van der Waals surface area contributed by atoms with E-state index in [1.165, 1.54) is 44.9 Å². The minimum absolute atomic E-state index is 0.0930. The Bertz CT molecular complexity index is 213. The first-order chi connectivity index (χ1) is 8.84. The molecular weight excluding hydrogens is 226 g/mol. The van der Waals surface area contributed by atoms with E-state index in [1.807, 2.05) is 0 Å². The van der Waals surface area contributed by atoms with E-state index in [4.69, 9.17) is 4.74 Å². The van der Waals surface area contributed by atoms with Crippen LogP contribution in [0.3, 0.4) is 0 Å². The molecule has 1 fully saturated rings. The summed E-state index contributed by atoms with van der Waals surface area (Å²) in [6, 6.07) is 0. The molecule has 1 amide bonds. The smallest absolute Gasteiger partial charge is 0.249 e. The van der Waals surface area contributed by atoms with Gasteiger partial charge in [-0.25, -0.2) is 0 Å². The van der Waals surface area contributed by atoms with Crippen LogP contribution in [0, 0.1) is 0 Å². The summed E-state index contributed by atoms with van der Waals surface area (Å²) < 4.78 is 5.34. The van der Waals surface area contributed by atoms with Crippen LogP contribution in [0.4, 0.5) is 0 Å². The lowest BCUT2D eigenvalue weighted by Gasteiger charge is -2.10.